The number of hydrogen-bond acceptors (Lipinski definition) is 4. The first-order valence-corrected chi connectivity index (χ1v) is 10.6. The van der Waals surface area contributed by atoms with Crippen LogP contribution in [-0.4, -0.2) is 24.2 Å². The van der Waals surface area contributed by atoms with Crippen molar-refractivity contribution in [3.05, 3.63) is 101 Å². The molecule has 0 amide bonds. The van der Waals surface area contributed by atoms with E-state index in [0.29, 0.717) is 5.56 Å². The number of methoxy groups -OCH3 is 2. The minimum absolute atomic E-state index is 0.154. The van der Waals surface area contributed by atoms with Crippen LogP contribution < -0.4 is 15.0 Å². The number of hydrogen-bond donors (Lipinski definition) is 1. The monoisotopic (exact) mass is 434 g/mol. The molecular weight excluding hydrogens is 412 g/mol. The van der Waals surface area contributed by atoms with Crippen LogP contribution in [0.15, 0.2) is 95.8 Å². The van der Waals surface area contributed by atoms with E-state index in [-0.39, 0.29) is 5.56 Å². The van der Waals surface area contributed by atoms with Gasteiger partial charge in [-0.15, -0.1) is 0 Å². The molecule has 162 valence electrons. The summed E-state index contributed by atoms with van der Waals surface area (Å²) in [4.78, 5) is 20.9. The van der Waals surface area contributed by atoms with Crippen molar-refractivity contribution in [1.82, 2.24) is 9.97 Å². The quantitative estimate of drug-likeness (QED) is 0.372. The molecule has 0 radical (unpaired) electrons. The van der Waals surface area contributed by atoms with Gasteiger partial charge in [-0.25, -0.2) is 4.98 Å². The summed E-state index contributed by atoms with van der Waals surface area (Å²) in [7, 11) is 3.27. The molecule has 3 aromatic carbocycles. The van der Waals surface area contributed by atoms with E-state index in [1.807, 2.05) is 91.0 Å². The fraction of sp³-hybridized carbons (Fsp3) is 0.0714. The smallest absolute Gasteiger partial charge is 0.256 e. The fourth-order valence-corrected chi connectivity index (χ4v) is 3.88. The molecular formula is C28H22N2O3. The molecule has 0 spiro atoms. The first-order valence-electron chi connectivity index (χ1n) is 10.6. The molecule has 0 aliphatic heterocycles. The van der Waals surface area contributed by atoms with E-state index in [0.717, 1.165) is 50.5 Å². The summed E-state index contributed by atoms with van der Waals surface area (Å²) in [5, 5.41) is 0.896. The molecule has 33 heavy (non-hydrogen) atoms. The maximum Gasteiger partial charge on any atom is 0.256 e. The molecule has 2 heterocycles. The first-order chi connectivity index (χ1) is 16.1. The Balaban J connectivity index is 1.72. The molecule has 5 nitrogen and oxygen atoms in total. The average molecular weight is 434 g/mol. The van der Waals surface area contributed by atoms with Crippen molar-refractivity contribution in [2.45, 2.75) is 0 Å². The number of aromatic nitrogens is 2. The Bertz CT molecular complexity index is 1490. The Morgan fingerprint density at radius 2 is 1.30 bits per heavy atom. The molecule has 5 heteroatoms. The third kappa shape index (κ3) is 4.08. The van der Waals surface area contributed by atoms with Crippen molar-refractivity contribution in [3.63, 3.8) is 0 Å². The number of rotatable bonds is 5. The normalized spacial score (nSPS) is 10.8. The minimum Gasteiger partial charge on any atom is -0.497 e. The zero-order valence-corrected chi connectivity index (χ0v) is 18.3. The summed E-state index contributed by atoms with van der Waals surface area (Å²) in [6.45, 7) is 0. The molecule has 0 aliphatic rings. The van der Waals surface area contributed by atoms with Gasteiger partial charge in [-0.2, -0.15) is 0 Å². The van der Waals surface area contributed by atoms with E-state index in [9.17, 15) is 4.79 Å². The summed E-state index contributed by atoms with van der Waals surface area (Å²) in [6, 6.07) is 29.1. The molecule has 0 atom stereocenters. The van der Waals surface area contributed by atoms with Crippen LogP contribution in [0.1, 0.15) is 0 Å². The second kappa shape index (κ2) is 8.63. The molecule has 0 bridgehead atoms. The molecule has 5 rings (SSSR count). The standard InChI is InChI=1S/C28H22N2O3/c1-32-22-10-8-19(9-11-22)27-17-20(16-26(29-27)18-6-4-3-5-7-18)24-15-21-14-23(33-2)12-13-25(21)30-28(24)31/h3-17H,1-2H3,(H,30,31). The fourth-order valence-electron chi connectivity index (χ4n) is 3.88. The van der Waals surface area contributed by atoms with Gasteiger partial charge in [0.1, 0.15) is 11.5 Å². The van der Waals surface area contributed by atoms with Gasteiger partial charge in [0.2, 0.25) is 0 Å². The highest BCUT2D eigenvalue weighted by atomic mass is 16.5. The van der Waals surface area contributed by atoms with E-state index in [1.165, 1.54) is 0 Å². The Morgan fingerprint density at radius 1 is 0.667 bits per heavy atom. The highest BCUT2D eigenvalue weighted by Crippen LogP contribution is 2.31. The van der Waals surface area contributed by atoms with E-state index >= 15 is 0 Å². The molecule has 0 fully saturated rings. The van der Waals surface area contributed by atoms with Gasteiger partial charge >= 0.3 is 0 Å². The van der Waals surface area contributed by atoms with Gasteiger partial charge in [-0.3, -0.25) is 4.79 Å². The van der Waals surface area contributed by atoms with Gasteiger partial charge < -0.3 is 14.5 Å². The summed E-state index contributed by atoms with van der Waals surface area (Å²) < 4.78 is 10.6. The third-order valence-corrected chi connectivity index (χ3v) is 5.64. The number of pyridine rings is 2. The van der Waals surface area contributed by atoms with E-state index in [2.05, 4.69) is 4.98 Å². The lowest BCUT2D eigenvalue weighted by molar-refractivity contribution is 0.415. The second-order valence-electron chi connectivity index (χ2n) is 7.69. The maximum absolute atomic E-state index is 13.0. The van der Waals surface area contributed by atoms with Gasteiger partial charge in [0.05, 0.1) is 25.6 Å². The lowest BCUT2D eigenvalue weighted by Crippen LogP contribution is -2.09. The van der Waals surface area contributed by atoms with E-state index < -0.39 is 0 Å². The summed E-state index contributed by atoms with van der Waals surface area (Å²) in [5.41, 5.74) is 5.46. The number of fused-ring (bicyclic) bond motifs is 1. The average Bonchev–Trinajstić information content (AvgIpc) is 2.88. The third-order valence-electron chi connectivity index (χ3n) is 5.64. The highest BCUT2D eigenvalue weighted by Gasteiger charge is 2.12. The molecule has 5 aromatic rings. The molecule has 0 saturated heterocycles. The van der Waals surface area contributed by atoms with Crippen LogP contribution in [0.3, 0.4) is 0 Å². The van der Waals surface area contributed by atoms with Crippen LogP contribution in [-0.2, 0) is 0 Å². The first kappa shape index (κ1) is 20.5. The molecule has 0 aliphatic carbocycles. The zero-order chi connectivity index (χ0) is 22.8. The highest BCUT2D eigenvalue weighted by molar-refractivity contribution is 5.86. The van der Waals surface area contributed by atoms with Crippen molar-refractivity contribution in [2.24, 2.45) is 0 Å². The van der Waals surface area contributed by atoms with Crippen molar-refractivity contribution >= 4 is 10.9 Å². The van der Waals surface area contributed by atoms with Crippen molar-refractivity contribution in [3.8, 4) is 45.1 Å². The van der Waals surface area contributed by atoms with Crippen LogP contribution in [0, 0.1) is 0 Å². The van der Waals surface area contributed by atoms with Gasteiger partial charge in [0.25, 0.3) is 5.56 Å². The molecule has 0 saturated carbocycles. The van der Waals surface area contributed by atoms with Gasteiger partial charge in [-0.1, -0.05) is 30.3 Å². The Morgan fingerprint density at radius 3 is 1.97 bits per heavy atom. The number of aromatic amines is 1. The second-order valence-corrected chi connectivity index (χ2v) is 7.69. The lowest BCUT2D eigenvalue weighted by Gasteiger charge is -2.11. The van der Waals surface area contributed by atoms with Crippen LogP contribution in [0.5, 0.6) is 11.5 Å². The van der Waals surface area contributed by atoms with Crippen LogP contribution in [0.25, 0.3) is 44.5 Å². The van der Waals surface area contributed by atoms with Gasteiger partial charge in [0, 0.05) is 27.6 Å². The number of nitrogens with zero attached hydrogens (tertiary/aromatic N) is 1. The molecule has 1 N–H and O–H groups in total. The summed E-state index contributed by atoms with van der Waals surface area (Å²) in [6.07, 6.45) is 0. The topological polar surface area (TPSA) is 64.2 Å². The number of H-pyrrole nitrogens is 1. The minimum atomic E-state index is -0.154. The predicted molar refractivity (Wildman–Crippen MR) is 132 cm³/mol. The lowest BCUT2D eigenvalue weighted by atomic mass is 9.99. The van der Waals surface area contributed by atoms with Crippen LogP contribution >= 0.6 is 0 Å². The number of nitrogens with one attached hydrogen (secondary N) is 1. The van der Waals surface area contributed by atoms with Crippen LogP contribution in [0.2, 0.25) is 0 Å². The van der Waals surface area contributed by atoms with Crippen molar-refractivity contribution in [1.29, 1.82) is 0 Å². The predicted octanol–water partition coefficient (Wildman–Crippen LogP) is 5.94. The Hall–Kier alpha value is -4.38. The van der Waals surface area contributed by atoms with Gasteiger partial charge in [-0.05, 0) is 66.2 Å². The Kier molecular flexibility index (Phi) is 5.37. The number of ether oxygens (including phenoxy) is 2. The largest absolute Gasteiger partial charge is 0.497 e. The van der Waals surface area contributed by atoms with Crippen LogP contribution in [0.4, 0.5) is 0 Å². The molecule has 2 aromatic heterocycles. The Labute approximate surface area is 191 Å². The van der Waals surface area contributed by atoms with Crippen molar-refractivity contribution < 1.29 is 9.47 Å². The maximum atomic E-state index is 13.0. The van der Waals surface area contributed by atoms with Gasteiger partial charge in [0.15, 0.2) is 0 Å². The van der Waals surface area contributed by atoms with Crippen molar-refractivity contribution in [2.75, 3.05) is 14.2 Å². The molecule has 0 unspecified atom stereocenters. The zero-order valence-electron chi connectivity index (χ0n) is 18.3. The SMILES string of the molecule is COc1ccc(-c2cc(-c3cc4cc(OC)ccc4[nH]c3=O)cc(-c3ccccc3)n2)cc1. The summed E-state index contributed by atoms with van der Waals surface area (Å²) >= 11 is 0. The number of benzene rings is 3. The van der Waals surface area contributed by atoms with E-state index in [4.69, 9.17) is 14.5 Å². The van der Waals surface area contributed by atoms with E-state index in [1.54, 1.807) is 14.2 Å². The summed E-state index contributed by atoms with van der Waals surface area (Å²) in [5.74, 6) is 1.51.